The molecule has 1 aliphatic heterocycles. The number of halogens is 1. The molecule has 3 atom stereocenters. The molecule has 4 rings (SSSR count). The van der Waals surface area contributed by atoms with Crippen molar-refractivity contribution in [3.63, 3.8) is 0 Å². The molecule has 2 fully saturated rings. The first-order chi connectivity index (χ1) is 16.4. The number of thiophene rings is 1. The van der Waals surface area contributed by atoms with Gasteiger partial charge in [0.15, 0.2) is 0 Å². The molecule has 182 valence electrons. The molecule has 7 heteroatoms. The van der Waals surface area contributed by atoms with Crippen molar-refractivity contribution in [2.24, 2.45) is 0 Å². The average molecular weight is 546 g/mol. The monoisotopic (exact) mass is 544 g/mol. The fourth-order valence-corrected chi connectivity index (χ4v) is 7.13. The summed E-state index contributed by atoms with van der Waals surface area (Å²) in [5, 5.41) is 5.29. The first kappa shape index (κ1) is 25.2. The average Bonchev–Trinajstić information content (AvgIpc) is 3.28. The van der Waals surface area contributed by atoms with Crippen LogP contribution < -0.4 is 10.1 Å². The second-order valence-corrected chi connectivity index (χ2v) is 11.1. The third-order valence-corrected chi connectivity index (χ3v) is 9.09. The minimum absolute atomic E-state index is 0.0516. The van der Waals surface area contributed by atoms with E-state index >= 15 is 0 Å². The van der Waals surface area contributed by atoms with E-state index in [1.807, 2.05) is 36.8 Å². The molecular formula is C27H33BrN2O3S. The molecule has 1 N–H and O–H groups in total. The Kier molecular flexibility index (Phi) is 7.97. The Hall–Kier alpha value is -1.93. The lowest BCUT2D eigenvalue weighted by molar-refractivity contribution is -0.148. The van der Waals surface area contributed by atoms with Crippen molar-refractivity contribution in [3.05, 3.63) is 69.4 Å². The highest BCUT2D eigenvalue weighted by molar-refractivity contribution is 9.10. The van der Waals surface area contributed by atoms with Gasteiger partial charge in [-0.25, -0.2) is 0 Å². The molecule has 1 aromatic carbocycles. The van der Waals surface area contributed by atoms with E-state index in [4.69, 9.17) is 9.47 Å². The van der Waals surface area contributed by atoms with Crippen molar-refractivity contribution in [1.29, 1.82) is 0 Å². The summed E-state index contributed by atoms with van der Waals surface area (Å²) in [6.07, 6.45) is 9.02. The lowest BCUT2D eigenvalue weighted by atomic mass is 9.55. The maximum absolute atomic E-state index is 12.8. The van der Waals surface area contributed by atoms with Gasteiger partial charge in [-0.1, -0.05) is 18.2 Å². The van der Waals surface area contributed by atoms with E-state index in [0.717, 1.165) is 60.4 Å². The molecular weight excluding hydrogens is 512 g/mol. The third-order valence-electron chi connectivity index (χ3n) is 7.43. The summed E-state index contributed by atoms with van der Waals surface area (Å²) < 4.78 is 13.0. The number of hydrogen-bond donors (Lipinski definition) is 1. The van der Waals surface area contributed by atoms with Gasteiger partial charge in [0.05, 0.1) is 12.7 Å². The Labute approximate surface area is 215 Å². The van der Waals surface area contributed by atoms with Gasteiger partial charge in [0, 0.05) is 52.5 Å². The van der Waals surface area contributed by atoms with Crippen molar-refractivity contribution in [2.45, 2.75) is 42.7 Å². The van der Waals surface area contributed by atoms with Crippen molar-refractivity contribution < 1.29 is 14.3 Å². The molecule has 34 heavy (non-hydrogen) atoms. The number of likely N-dealkylation sites (tertiary alicyclic amines) is 1. The number of hydrogen-bond acceptors (Lipinski definition) is 5. The topological polar surface area (TPSA) is 50.8 Å². The minimum atomic E-state index is -0.332. The highest BCUT2D eigenvalue weighted by atomic mass is 79.9. The Bertz CT molecular complexity index is 1050. The summed E-state index contributed by atoms with van der Waals surface area (Å²) >= 11 is 5.07. The van der Waals surface area contributed by atoms with Crippen LogP contribution in [0.4, 0.5) is 0 Å². The number of ether oxygens (including phenoxy) is 2. The molecule has 0 spiro atoms. The standard InChI is InChI=1S/C27H33BrN2O3S/c1-4-13-30-14-12-26(20-6-5-7-23(15-20)32-2)17-22(10-11-27(26,19-30)33-3)29-25(31)9-8-24-16-21(28)18-34-24/h4-9,15-16,18,22H,1,10-14,17,19H2,2-3H3,(H,29,31)/t22-,26-,27-/m0/s1. The molecule has 2 aliphatic rings. The van der Waals surface area contributed by atoms with Crippen molar-refractivity contribution in [2.75, 3.05) is 33.9 Å². The quantitative estimate of drug-likeness (QED) is 0.356. The van der Waals surface area contributed by atoms with Gasteiger partial charge in [-0.2, -0.15) is 0 Å². The normalized spacial score (nSPS) is 27.3. The predicted octanol–water partition coefficient (Wildman–Crippen LogP) is 5.42. The van der Waals surface area contributed by atoms with E-state index < -0.39 is 0 Å². The van der Waals surface area contributed by atoms with Crippen LogP contribution >= 0.6 is 27.3 Å². The number of nitrogens with zero attached hydrogens (tertiary/aromatic N) is 1. The zero-order chi connectivity index (χ0) is 24.2. The maximum atomic E-state index is 12.8. The molecule has 1 saturated heterocycles. The lowest BCUT2D eigenvalue weighted by Crippen LogP contribution is -2.67. The second kappa shape index (κ2) is 10.8. The van der Waals surface area contributed by atoms with Gasteiger partial charge in [0.1, 0.15) is 5.75 Å². The summed E-state index contributed by atoms with van der Waals surface area (Å²) in [4.78, 5) is 16.3. The molecule has 2 heterocycles. The number of methoxy groups -OCH3 is 2. The number of benzene rings is 1. The molecule has 5 nitrogen and oxygen atoms in total. The van der Waals surface area contributed by atoms with Crippen LogP contribution in [0, 0.1) is 0 Å². The molecule has 0 radical (unpaired) electrons. The largest absolute Gasteiger partial charge is 0.497 e. The number of nitrogens with one attached hydrogen (secondary N) is 1. The Balaban J connectivity index is 1.60. The molecule has 1 amide bonds. The van der Waals surface area contributed by atoms with E-state index in [-0.39, 0.29) is 23.0 Å². The fraction of sp³-hybridized carbons (Fsp3) is 0.444. The van der Waals surface area contributed by atoms with Crippen molar-refractivity contribution in [3.8, 4) is 5.75 Å². The van der Waals surface area contributed by atoms with Crippen molar-refractivity contribution >= 4 is 39.2 Å². The van der Waals surface area contributed by atoms with Gasteiger partial charge < -0.3 is 14.8 Å². The number of rotatable bonds is 8. The Morgan fingerprint density at radius 3 is 2.91 bits per heavy atom. The van der Waals surface area contributed by atoms with Crippen LogP contribution in [0.3, 0.4) is 0 Å². The van der Waals surface area contributed by atoms with Gasteiger partial charge in [-0.3, -0.25) is 9.69 Å². The molecule has 2 aromatic rings. The van der Waals surface area contributed by atoms with Gasteiger partial charge in [-0.15, -0.1) is 17.9 Å². The smallest absolute Gasteiger partial charge is 0.244 e. The lowest BCUT2D eigenvalue weighted by Gasteiger charge is -2.59. The Morgan fingerprint density at radius 1 is 1.35 bits per heavy atom. The van der Waals surface area contributed by atoms with E-state index in [9.17, 15) is 4.79 Å². The highest BCUT2D eigenvalue weighted by Crippen LogP contribution is 2.53. The highest BCUT2D eigenvalue weighted by Gasteiger charge is 2.58. The molecule has 1 aromatic heterocycles. The zero-order valence-corrected chi connectivity index (χ0v) is 22.3. The van der Waals surface area contributed by atoms with Crippen LogP contribution in [0.5, 0.6) is 5.75 Å². The predicted molar refractivity (Wildman–Crippen MR) is 143 cm³/mol. The molecule has 0 unspecified atom stereocenters. The number of amides is 1. The maximum Gasteiger partial charge on any atom is 0.244 e. The van der Waals surface area contributed by atoms with Crippen LogP contribution in [0.2, 0.25) is 0 Å². The summed E-state index contributed by atoms with van der Waals surface area (Å²) in [6, 6.07) is 10.5. The van der Waals surface area contributed by atoms with Gasteiger partial charge >= 0.3 is 0 Å². The first-order valence-corrected chi connectivity index (χ1v) is 13.4. The number of carbonyl (C=O) groups is 1. The Morgan fingerprint density at radius 2 is 2.21 bits per heavy atom. The summed E-state index contributed by atoms with van der Waals surface area (Å²) in [5.74, 6) is 0.797. The van der Waals surface area contributed by atoms with E-state index in [2.05, 4.69) is 50.9 Å². The third kappa shape index (κ3) is 5.03. The van der Waals surface area contributed by atoms with Crippen LogP contribution in [0.1, 0.15) is 36.1 Å². The minimum Gasteiger partial charge on any atom is -0.497 e. The summed E-state index contributed by atoms with van der Waals surface area (Å²) in [5.41, 5.74) is 0.679. The van der Waals surface area contributed by atoms with Crippen LogP contribution in [0.15, 0.2) is 58.9 Å². The van der Waals surface area contributed by atoms with Gasteiger partial charge in [0.2, 0.25) is 5.91 Å². The number of fused-ring (bicyclic) bond motifs is 1. The van der Waals surface area contributed by atoms with Crippen LogP contribution in [0.25, 0.3) is 6.08 Å². The fourth-order valence-electron chi connectivity index (χ4n) is 5.80. The van der Waals surface area contributed by atoms with E-state index in [1.54, 1.807) is 24.5 Å². The number of carbonyl (C=O) groups excluding carboxylic acids is 1. The molecule has 1 aliphatic carbocycles. The van der Waals surface area contributed by atoms with E-state index in [0.29, 0.717) is 0 Å². The van der Waals surface area contributed by atoms with Gasteiger partial charge in [0.25, 0.3) is 0 Å². The second-order valence-electron chi connectivity index (χ2n) is 9.24. The van der Waals surface area contributed by atoms with Crippen LogP contribution in [-0.2, 0) is 14.9 Å². The number of piperidine rings is 1. The first-order valence-electron chi connectivity index (χ1n) is 11.7. The molecule has 0 bridgehead atoms. The molecule has 1 saturated carbocycles. The van der Waals surface area contributed by atoms with Crippen LogP contribution in [-0.4, -0.2) is 56.3 Å². The summed E-state index contributed by atoms with van der Waals surface area (Å²) in [7, 11) is 3.54. The van der Waals surface area contributed by atoms with Crippen molar-refractivity contribution in [1.82, 2.24) is 10.2 Å². The zero-order valence-electron chi connectivity index (χ0n) is 19.9. The van der Waals surface area contributed by atoms with Gasteiger partial charge in [-0.05, 0) is 78.0 Å². The van der Waals surface area contributed by atoms with E-state index in [1.165, 1.54) is 5.56 Å². The SMILES string of the molecule is C=CCN1CC[C@@]2(c3cccc(OC)c3)C[C@@H](NC(=O)C=Cc3cc(Br)cs3)CC[C@]2(OC)C1. The summed E-state index contributed by atoms with van der Waals surface area (Å²) in [6.45, 7) is 6.59.